The van der Waals surface area contributed by atoms with Crippen LogP contribution in [0.5, 0.6) is 5.75 Å². The van der Waals surface area contributed by atoms with Crippen LogP contribution in [0.1, 0.15) is 34.8 Å². The topological polar surface area (TPSA) is 105 Å². The summed E-state index contributed by atoms with van der Waals surface area (Å²) in [5.74, 6) is -0.812. The predicted octanol–water partition coefficient (Wildman–Crippen LogP) is 2.64. The van der Waals surface area contributed by atoms with Crippen LogP contribution < -0.4 is 5.32 Å². The van der Waals surface area contributed by atoms with Crippen molar-refractivity contribution in [3.63, 3.8) is 0 Å². The van der Waals surface area contributed by atoms with Gasteiger partial charge in [-0.3, -0.25) is 14.9 Å². The molecule has 8 heteroatoms. The molecule has 1 aromatic carbocycles. The standard InChI is InChI=1S/C13H13N3O4S/c1-2-10(13-14-5-6-21-13)15-12(18)9-7-8(17)3-4-11(9)16(19)20/h3-7,10,17H,2H2,1H3,(H,15,18). The van der Waals surface area contributed by atoms with Crippen molar-refractivity contribution in [2.75, 3.05) is 0 Å². The third-order valence-corrected chi connectivity index (χ3v) is 3.77. The number of carbonyl (C=O) groups excluding carboxylic acids is 1. The van der Waals surface area contributed by atoms with Crippen molar-refractivity contribution >= 4 is 22.9 Å². The van der Waals surface area contributed by atoms with Gasteiger partial charge in [0.25, 0.3) is 11.6 Å². The summed E-state index contributed by atoms with van der Waals surface area (Å²) in [7, 11) is 0. The SMILES string of the molecule is CCC(NC(=O)c1cc(O)ccc1[N+](=O)[O-])c1nccs1. The normalized spacial score (nSPS) is 11.9. The van der Waals surface area contributed by atoms with E-state index in [0.717, 1.165) is 17.1 Å². The van der Waals surface area contributed by atoms with Crippen molar-refractivity contribution in [1.82, 2.24) is 10.3 Å². The fourth-order valence-electron chi connectivity index (χ4n) is 1.85. The van der Waals surface area contributed by atoms with E-state index in [2.05, 4.69) is 10.3 Å². The molecule has 0 saturated carbocycles. The molecule has 0 bridgehead atoms. The Kier molecular flexibility index (Phi) is 4.49. The summed E-state index contributed by atoms with van der Waals surface area (Å²) < 4.78 is 0. The van der Waals surface area contributed by atoms with E-state index in [1.165, 1.54) is 17.4 Å². The molecule has 7 nitrogen and oxygen atoms in total. The third-order valence-electron chi connectivity index (χ3n) is 2.88. The molecule has 1 unspecified atom stereocenters. The van der Waals surface area contributed by atoms with Crippen molar-refractivity contribution < 1.29 is 14.8 Å². The van der Waals surface area contributed by atoms with Gasteiger partial charge < -0.3 is 10.4 Å². The number of aromatic hydroxyl groups is 1. The first-order valence-electron chi connectivity index (χ1n) is 6.20. The largest absolute Gasteiger partial charge is 0.508 e. The number of thiazole rings is 1. The number of nitro groups is 1. The summed E-state index contributed by atoms with van der Waals surface area (Å²) in [5.41, 5.74) is -0.519. The van der Waals surface area contributed by atoms with Crippen LogP contribution in [0.3, 0.4) is 0 Å². The van der Waals surface area contributed by atoms with Gasteiger partial charge in [-0.05, 0) is 18.6 Å². The number of nitrogens with one attached hydrogen (secondary N) is 1. The van der Waals surface area contributed by atoms with Crippen LogP contribution in [-0.4, -0.2) is 20.9 Å². The Labute approximate surface area is 124 Å². The lowest BCUT2D eigenvalue weighted by molar-refractivity contribution is -0.385. The number of amides is 1. The first-order chi connectivity index (χ1) is 10.0. The second-order valence-corrected chi connectivity index (χ2v) is 5.19. The minimum atomic E-state index is -0.654. The Bertz CT molecular complexity index is 657. The number of rotatable bonds is 5. The quantitative estimate of drug-likeness (QED) is 0.652. The van der Waals surface area contributed by atoms with Gasteiger partial charge in [-0.2, -0.15) is 0 Å². The van der Waals surface area contributed by atoms with Crippen molar-refractivity contribution in [2.24, 2.45) is 0 Å². The Hall–Kier alpha value is -2.48. The zero-order valence-corrected chi connectivity index (χ0v) is 12.0. The first-order valence-corrected chi connectivity index (χ1v) is 7.08. The van der Waals surface area contributed by atoms with E-state index >= 15 is 0 Å². The molecule has 1 aromatic heterocycles. The van der Waals surface area contributed by atoms with Crippen LogP contribution in [0.2, 0.25) is 0 Å². The minimum Gasteiger partial charge on any atom is -0.508 e. The zero-order valence-electron chi connectivity index (χ0n) is 11.1. The minimum absolute atomic E-state index is 0.171. The average Bonchev–Trinajstić information content (AvgIpc) is 2.98. The number of hydrogen-bond acceptors (Lipinski definition) is 6. The lowest BCUT2D eigenvalue weighted by atomic mass is 10.1. The molecule has 0 aliphatic carbocycles. The molecule has 2 N–H and O–H groups in total. The van der Waals surface area contributed by atoms with Crippen LogP contribution >= 0.6 is 11.3 Å². The fraction of sp³-hybridized carbons (Fsp3) is 0.231. The molecule has 1 amide bonds. The molecule has 0 aliphatic rings. The molecule has 110 valence electrons. The molecule has 1 atom stereocenters. The highest BCUT2D eigenvalue weighted by Gasteiger charge is 2.23. The number of aromatic nitrogens is 1. The van der Waals surface area contributed by atoms with Crippen LogP contribution in [-0.2, 0) is 0 Å². The molecular weight excluding hydrogens is 294 g/mol. The van der Waals surface area contributed by atoms with Gasteiger partial charge in [-0.15, -0.1) is 11.3 Å². The van der Waals surface area contributed by atoms with Gasteiger partial charge in [0.2, 0.25) is 0 Å². The molecule has 1 heterocycles. The second-order valence-electron chi connectivity index (χ2n) is 4.26. The maximum absolute atomic E-state index is 12.2. The van der Waals surface area contributed by atoms with Crippen LogP contribution in [0.15, 0.2) is 29.8 Å². The maximum atomic E-state index is 12.2. The van der Waals surface area contributed by atoms with Gasteiger partial charge in [0.05, 0.1) is 11.0 Å². The molecular formula is C13H13N3O4S. The molecule has 21 heavy (non-hydrogen) atoms. The lowest BCUT2D eigenvalue weighted by Crippen LogP contribution is -2.28. The van der Waals surface area contributed by atoms with Crippen LogP contribution in [0.4, 0.5) is 5.69 Å². The number of nitro benzene ring substituents is 1. The van der Waals surface area contributed by atoms with E-state index in [1.54, 1.807) is 11.6 Å². The highest BCUT2D eigenvalue weighted by atomic mass is 32.1. The smallest absolute Gasteiger partial charge is 0.282 e. The lowest BCUT2D eigenvalue weighted by Gasteiger charge is -2.14. The van der Waals surface area contributed by atoms with E-state index in [9.17, 15) is 20.0 Å². The molecule has 0 radical (unpaired) electrons. The summed E-state index contributed by atoms with van der Waals surface area (Å²) in [6, 6.07) is 3.04. The number of phenolic OH excluding ortho intramolecular Hbond substituents is 1. The second kappa shape index (κ2) is 6.31. The highest BCUT2D eigenvalue weighted by molar-refractivity contribution is 7.09. The van der Waals surface area contributed by atoms with Crippen molar-refractivity contribution in [3.05, 3.63) is 50.5 Å². The van der Waals surface area contributed by atoms with Crippen LogP contribution in [0.25, 0.3) is 0 Å². The number of phenols is 1. The third kappa shape index (κ3) is 3.34. The van der Waals surface area contributed by atoms with E-state index in [0.29, 0.717) is 6.42 Å². The highest BCUT2D eigenvalue weighted by Crippen LogP contribution is 2.25. The van der Waals surface area contributed by atoms with E-state index in [4.69, 9.17) is 0 Å². The van der Waals surface area contributed by atoms with Crippen molar-refractivity contribution in [1.29, 1.82) is 0 Å². The first kappa shape index (κ1) is 14.9. The summed E-state index contributed by atoms with van der Waals surface area (Å²) >= 11 is 1.40. The number of hydrogen-bond donors (Lipinski definition) is 2. The number of nitrogens with zero attached hydrogens (tertiary/aromatic N) is 2. The molecule has 0 fully saturated rings. The van der Waals surface area contributed by atoms with Gasteiger partial charge in [0.1, 0.15) is 16.3 Å². The molecule has 2 aromatic rings. The van der Waals surface area contributed by atoms with Gasteiger partial charge in [0.15, 0.2) is 0 Å². The Balaban J connectivity index is 2.27. The van der Waals surface area contributed by atoms with E-state index in [-0.39, 0.29) is 23.0 Å². The average molecular weight is 307 g/mol. The van der Waals surface area contributed by atoms with Gasteiger partial charge >= 0.3 is 0 Å². The Morgan fingerprint density at radius 1 is 1.57 bits per heavy atom. The monoisotopic (exact) mass is 307 g/mol. The number of carbonyl (C=O) groups is 1. The maximum Gasteiger partial charge on any atom is 0.282 e. The summed E-state index contributed by atoms with van der Waals surface area (Å²) in [6.45, 7) is 1.88. The molecule has 0 spiro atoms. The van der Waals surface area contributed by atoms with Crippen LogP contribution in [0, 0.1) is 10.1 Å². The molecule has 0 saturated heterocycles. The zero-order chi connectivity index (χ0) is 15.4. The predicted molar refractivity (Wildman–Crippen MR) is 77.4 cm³/mol. The summed E-state index contributed by atoms with van der Waals surface area (Å²) in [5, 5.41) is 25.6. The van der Waals surface area contributed by atoms with Crippen molar-refractivity contribution in [3.8, 4) is 5.75 Å². The summed E-state index contributed by atoms with van der Waals surface area (Å²) in [6.07, 6.45) is 2.23. The van der Waals surface area contributed by atoms with Gasteiger partial charge in [-0.25, -0.2) is 4.98 Å². The van der Waals surface area contributed by atoms with Crippen molar-refractivity contribution in [2.45, 2.75) is 19.4 Å². The molecule has 0 aliphatic heterocycles. The molecule has 2 rings (SSSR count). The van der Waals surface area contributed by atoms with E-state index in [1.807, 2.05) is 6.92 Å². The number of benzene rings is 1. The Morgan fingerprint density at radius 3 is 2.90 bits per heavy atom. The van der Waals surface area contributed by atoms with Gasteiger partial charge in [0, 0.05) is 17.6 Å². The Morgan fingerprint density at radius 2 is 2.33 bits per heavy atom. The van der Waals surface area contributed by atoms with E-state index < -0.39 is 10.8 Å². The summed E-state index contributed by atoms with van der Waals surface area (Å²) in [4.78, 5) is 26.7. The van der Waals surface area contributed by atoms with Gasteiger partial charge in [-0.1, -0.05) is 6.92 Å². The fourth-order valence-corrected chi connectivity index (χ4v) is 2.62.